The molecule has 2 heterocycles. The fourth-order valence-corrected chi connectivity index (χ4v) is 3.05. The van der Waals surface area contributed by atoms with Gasteiger partial charge in [0.25, 0.3) is 0 Å². The van der Waals surface area contributed by atoms with Crippen LogP contribution >= 0.6 is 22.9 Å². The van der Waals surface area contributed by atoms with Crippen LogP contribution in [0, 0.1) is 0 Å². The van der Waals surface area contributed by atoms with Crippen molar-refractivity contribution in [3.63, 3.8) is 0 Å². The summed E-state index contributed by atoms with van der Waals surface area (Å²) in [6.45, 7) is 1.10. The molecule has 0 fully saturated rings. The number of thiazole rings is 1. The van der Waals surface area contributed by atoms with Crippen LogP contribution in [-0.4, -0.2) is 29.5 Å². The maximum absolute atomic E-state index is 11.5. The number of carbonyl (C=O) groups is 1. The van der Waals surface area contributed by atoms with Crippen LogP contribution in [0.4, 0.5) is 0 Å². The van der Waals surface area contributed by atoms with Gasteiger partial charge in [-0.15, -0.1) is 11.3 Å². The Morgan fingerprint density at radius 1 is 1.42 bits per heavy atom. The molecule has 24 heavy (non-hydrogen) atoms. The molecule has 1 aromatic carbocycles. The molecular weight excluding hydrogens is 348 g/mol. The van der Waals surface area contributed by atoms with Crippen LogP contribution < -0.4 is 15.4 Å². The Kier molecular flexibility index (Phi) is 5.34. The Labute approximate surface area is 148 Å². The molecule has 0 saturated heterocycles. The molecule has 3 N–H and O–H groups in total. The Hall–Kier alpha value is -2.09. The molecule has 0 aliphatic rings. The van der Waals surface area contributed by atoms with E-state index in [4.69, 9.17) is 16.3 Å². The zero-order valence-corrected chi connectivity index (χ0v) is 14.6. The van der Waals surface area contributed by atoms with Crippen LogP contribution in [0.5, 0.6) is 5.75 Å². The number of likely N-dealkylation sites (N-methyl/N-ethyl adjacent to an activating group) is 1. The van der Waals surface area contributed by atoms with Crippen LogP contribution in [0.15, 0.2) is 29.1 Å². The fourth-order valence-electron chi connectivity index (χ4n) is 2.28. The number of amides is 1. The lowest BCUT2D eigenvalue weighted by Crippen LogP contribution is -2.31. The number of rotatable bonds is 7. The molecule has 0 aliphatic heterocycles. The lowest BCUT2D eigenvalue weighted by Gasteiger charge is -2.06. The molecule has 126 valence electrons. The standard InChI is InChI=1S/C16H17ClN4O2S/c1-18-6-16(22)19-5-11-2-10-3-13(17)15(4-14(10)21-11)23-7-12-8-24-9-20-12/h2-4,8-9,18,21H,5-7H2,1H3,(H,19,22). The monoisotopic (exact) mass is 364 g/mol. The van der Waals surface area contributed by atoms with Crippen molar-refractivity contribution in [1.82, 2.24) is 20.6 Å². The van der Waals surface area contributed by atoms with Gasteiger partial charge in [-0.3, -0.25) is 4.79 Å². The first-order valence-electron chi connectivity index (χ1n) is 7.38. The van der Waals surface area contributed by atoms with Crippen molar-refractivity contribution >= 4 is 39.7 Å². The first-order chi connectivity index (χ1) is 11.7. The topological polar surface area (TPSA) is 79.0 Å². The summed E-state index contributed by atoms with van der Waals surface area (Å²) in [5.74, 6) is 0.547. The summed E-state index contributed by atoms with van der Waals surface area (Å²) >= 11 is 7.81. The first kappa shape index (κ1) is 16.8. The van der Waals surface area contributed by atoms with E-state index in [2.05, 4.69) is 20.6 Å². The molecule has 3 aromatic rings. The number of nitrogens with one attached hydrogen (secondary N) is 3. The van der Waals surface area contributed by atoms with Crippen LogP contribution in [0.2, 0.25) is 5.02 Å². The lowest BCUT2D eigenvalue weighted by molar-refractivity contribution is -0.120. The van der Waals surface area contributed by atoms with Crippen LogP contribution in [0.25, 0.3) is 10.9 Å². The number of ether oxygens (including phenoxy) is 1. The molecule has 3 rings (SSSR count). The highest BCUT2D eigenvalue weighted by atomic mass is 35.5. The van der Waals surface area contributed by atoms with Crippen molar-refractivity contribution in [3.05, 3.63) is 45.5 Å². The third kappa shape index (κ3) is 4.05. The number of halogens is 1. The first-order valence-corrected chi connectivity index (χ1v) is 8.70. The normalized spacial score (nSPS) is 10.9. The zero-order valence-electron chi connectivity index (χ0n) is 13.1. The number of aromatic nitrogens is 2. The van der Waals surface area contributed by atoms with Gasteiger partial charge in [0.1, 0.15) is 12.4 Å². The number of hydrogen-bond acceptors (Lipinski definition) is 5. The van der Waals surface area contributed by atoms with E-state index in [1.54, 1.807) is 12.6 Å². The minimum absolute atomic E-state index is 0.0542. The molecule has 6 nitrogen and oxygen atoms in total. The summed E-state index contributed by atoms with van der Waals surface area (Å²) in [6.07, 6.45) is 0. The van der Waals surface area contributed by atoms with E-state index in [0.717, 1.165) is 22.3 Å². The summed E-state index contributed by atoms with van der Waals surface area (Å²) in [6, 6.07) is 5.68. The van der Waals surface area contributed by atoms with Gasteiger partial charge in [-0.1, -0.05) is 11.6 Å². The van der Waals surface area contributed by atoms with E-state index >= 15 is 0 Å². The SMILES string of the molecule is CNCC(=O)NCc1cc2cc(Cl)c(OCc3cscn3)cc2[nH]1. The van der Waals surface area contributed by atoms with Gasteiger partial charge in [0.2, 0.25) is 5.91 Å². The average molecular weight is 365 g/mol. The fraction of sp³-hybridized carbons (Fsp3) is 0.250. The van der Waals surface area contributed by atoms with Gasteiger partial charge >= 0.3 is 0 Å². The van der Waals surface area contributed by atoms with Crippen LogP contribution in [-0.2, 0) is 17.9 Å². The number of aromatic amines is 1. The molecule has 0 spiro atoms. The maximum atomic E-state index is 11.5. The molecule has 0 radical (unpaired) electrons. The van der Waals surface area contributed by atoms with E-state index in [9.17, 15) is 4.79 Å². The third-order valence-electron chi connectivity index (χ3n) is 3.40. The number of fused-ring (bicyclic) bond motifs is 1. The van der Waals surface area contributed by atoms with Crippen molar-refractivity contribution in [2.75, 3.05) is 13.6 Å². The highest BCUT2D eigenvalue weighted by molar-refractivity contribution is 7.07. The molecule has 0 unspecified atom stereocenters. The van der Waals surface area contributed by atoms with Gasteiger partial charge in [-0.2, -0.15) is 0 Å². The van der Waals surface area contributed by atoms with Gasteiger partial charge in [-0.25, -0.2) is 4.98 Å². The summed E-state index contributed by atoms with van der Waals surface area (Å²) in [5, 5.41) is 9.09. The van der Waals surface area contributed by atoms with Gasteiger partial charge in [0.15, 0.2) is 0 Å². The van der Waals surface area contributed by atoms with Gasteiger partial charge in [0.05, 0.1) is 29.3 Å². The van der Waals surface area contributed by atoms with Crippen molar-refractivity contribution in [3.8, 4) is 5.75 Å². The van der Waals surface area contributed by atoms with E-state index < -0.39 is 0 Å². The van der Waals surface area contributed by atoms with Gasteiger partial charge in [0, 0.05) is 28.0 Å². The minimum atomic E-state index is -0.0542. The predicted octanol–water partition coefficient (Wildman–Crippen LogP) is 2.69. The lowest BCUT2D eigenvalue weighted by atomic mass is 10.2. The van der Waals surface area contributed by atoms with Crippen LogP contribution in [0.1, 0.15) is 11.4 Å². The van der Waals surface area contributed by atoms with Gasteiger partial charge in [-0.05, 0) is 19.2 Å². The minimum Gasteiger partial charge on any atom is -0.486 e. The zero-order chi connectivity index (χ0) is 16.9. The highest BCUT2D eigenvalue weighted by Gasteiger charge is 2.09. The molecule has 0 saturated carbocycles. The van der Waals surface area contributed by atoms with E-state index in [0.29, 0.717) is 30.5 Å². The quantitative estimate of drug-likeness (QED) is 0.602. The Morgan fingerprint density at radius 2 is 2.29 bits per heavy atom. The molecule has 1 amide bonds. The second kappa shape index (κ2) is 7.65. The smallest absolute Gasteiger partial charge is 0.234 e. The summed E-state index contributed by atoms with van der Waals surface area (Å²) in [4.78, 5) is 19.0. The van der Waals surface area contributed by atoms with Crippen molar-refractivity contribution in [2.24, 2.45) is 0 Å². The van der Waals surface area contributed by atoms with E-state index in [1.165, 1.54) is 11.3 Å². The van der Waals surface area contributed by atoms with E-state index in [-0.39, 0.29) is 5.91 Å². The third-order valence-corrected chi connectivity index (χ3v) is 4.33. The average Bonchev–Trinajstić information content (AvgIpc) is 3.20. The molecule has 0 bridgehead atoms. The van der Waals surface area contributed by atoms with Crippen molar-refractivity contribution in [1.29, 1.82) is 0 Å². The number of H-pyrrole nitrogens is 1. The summed E-state index contributed by atoms with van der Waals surface area (Å²) in [7, 11) is 1.73. The summed E-state index contributed by atoms with van der Waals surface area (Å²) in [5.41, 5.74) is 4.45. The second-order valence-corrected chi connectivity index (χ2v) is 6.37. The largest absolute Gasteiger partial charge is 0.486 e. The Morgan fingerprint density at radius 3 is 3.04 bits per heavy atom. The second-order valence-electron chi connectivity index (χ2n) is 5.24. The molecule has 2 aromatic heterocycles. The Balaban J connectivity index is 1.71. The number of hydrogen-bond donors (Lipinski definition) is 3. The molecule has 0 atom stereocenters. The van der Waals surface area contributed by atoms with Gasteiger partial charge < -0.3 is 20.4 Å². The van der Waals surface area contributed by atoms with E-state index in [1.807, 2.05) is 23.6 Å². The maximum Gasteiger partial charge on any atom is 0.234 e. The van der Waals surface area contributed by atoms with Crippen molar-refractivity contribution in [2.45, 2.75) is 13.2 Å². The summed E-state index contributed by atoms with van der Waals surface area (Å²) < 4.78 is 5.74. The number of benzene rings is 1. The molecule has 0 aliphatic carbocycles. The predicted molar refractivity (Wildman–Crippen MR) is 95.5 cm³/mol. The number of carbonyl (C=O) groups excluding carboxylic acids is 1. The Bertz CT molecular complexity index is 832. The highest BCUT2D eigenvalue weighted by Crippen LogP contribution is 2.31. The molecular formula is C16H17ClN4O2S. The molecule has 8 heteroatoms. The number of nitrogens with zero attached hydrogens (tertiary/aromatic N) is 1. The van der Waals surface area contributed by atoms with Crippen molar-refractivity contribution < 1.29 is 9.53 Å². The van der Waals surface area contributed by atoms with Crippen LogP contribution in [0.3, 0.4) is 0 Å².